The van der Waals surface area contributed by atoms with Gasteiger partial charge < -0.3 is 4.90 Å². The van der Waals surface area contributed by atoms with E-state index in [-0.39, 0.29) is 11.8 Å². The fourth-order valence-corrected chi connectivity index (χ4v) is 5.09. The van der Waals surface area contributed by atoms with Crippen LogP contribution < -0.4 is 4.72 Å². The van der Waals surface area contributed by atoms with Crippen LogP contribution in [0.3, 0.4) is 0 Å². The third-order valence-corrected chi connectivity index (χ3v) is 6.89. The number of rotatable bonds is 5. The number of benzene rings is 2. The number of nitrogens with zero attached hydrogens (tertiary/aromatic N) is 2. The molecule has 29 heavy (non-hydrogen) atoms. The van der Waals surface area contributed by atoms with E-state index >= 15 is 0 Å². The first-order valence-corrected chi connectivity index (χ1v) is 11.2. The summed E-state index contributed by atoms with van der Waals surface area (Å²) in [6.07, 6.45) is 4.76. The minimum atomic E-state index is -3.60. The fraction of sp³-hybridized carbons (Fsp3) is 0.273. The number of amides is 1. The predicted molar refractivity (Wildman–Crippen MR) is 112 cm³/mol. The maximum Gasteiger partial charge on any atom is 0.255 e. The van der Waals surface area contributed by atoms with Gasteiger partial charge in [0.15, 0.2) is 0 Å². The summed E-state index contributed by atoms with van der Waals surface area (Å²) in [6.45, 7) is 1.61. The van der Waals surface area contributed by atoms with Crippen LogP contribution in [0.5, 0.6) is 0 Å². The van der Waals surface area contributed by atoms with Crippen LogP contribution in [0.2, 0.25) is 0 Å². The highest BCUT2D eigenvalue weighted by molar-refractivity contribution is 7.89. The van der Waals surface area contributed by atoms with Gasteiger partial charge in [-0.1, -0.05) is 36.4 Å². The third-order valence-electron chi connectivity index (χ3n) is 5.41. The molecule has 0 atom stereocenters. The third kappa shape index (κ3) is 4.31. The first-order chi connectivity index (χ1) is 14.0. The lowest BCUT2D eigenvalue weighted by molar-refractivity contribution is 0.0691. The van der Waals surface area contributed by atoms with Gasteiger partial charge in [0.05, 0.1) is 10.5 Å². The Bertz CT molecular complexity index is 1100. The minimum Gasteiger partial charge on any atom is -0.339 e. The second kappa shape index (κ2) is 8.31. The molecule has 1 aliphatic heterocycles. The van der Waals surface area contributed by atoms with Gasteiger partial charge in [-0.05, 0) is 42.3 Å². The minimum absolute atomic E-state index is 0.0205. The van der Waals surface area contributed by atoms with E-state index in [0.29, 0.717) is 30.1 Å². The quantitative estimate of drug-likeness (QED) is 0.702. The molecule has 1 fully saturated rings. The zero-order valence-electron chi connectivity index (χ0n) is 16.0. The highest BCUT2D eigenvalue weighted by atomic mass is 32.2. The lowest BCUT2D eigenvalue weighted by atomic mass is 9.97. The van der Waals surface area contributed by atoms with Crippen LogP contribution >= 0.6 is 0 Å². The van der Waals surface area contributed by atoms with E-state index in [0.717, 1.165) is 23.6 Å². The van der Waals surface area contributed by atoms with Crippen LogP contribution in [0.1, 0.15) is 23.2 Å². The van der Waals surface area contributed by atoms with Crippen LogP contribution in [0.15, 0.2) is 71.9 Å². The Hall–Kier alpha value is -2.77. The summed E-state index contributed by atoms with van der Waals surface area (Å²) in [5, 5.41) is 1.62. The van der Waals surface area contributed by atoms with Crippen molar-refractivity contribution < 1.29 is 13.2 Å². The van der Waals surface area contributed by atoms with E-state index in [2.05, 4.69) is 9.71 Å². The van der Waals surface area contributed by atoms with Gasteiger partial charge in [-0.3, -0.25) is 9.78 Å². The number of aromatic nitrogens is 1. The van der Waals surface area contributed by atoms with Gasteiger partial charge in [0.1, 0.15) is 0 Å². The largest absolute Gasteiger partial charge is 0.339 e. The second-order valence-electron chi connectivity index (χ2n) is 7.31. The first kappa shape index (κ1) is 19.5. The molecule has 2 aromatic carbocycles. The summed E-state index contributed by atoms with van der Waals surface area (Å²) in [7, 11) is -3.60. The molecule has 0 radical (unpaired) electrons. The number of carbonyl (C=O) groups excluding carboxylic acids is 1. The monoisotopic (exact) mass is 409 g/mol. The molecule has 1 amide bonds. The van der Waals surface area contributed by atoms with E-state index in [9.17, 15) is 13.2 Å². The molecule has 0 unspecified atom stereocenters. The average molecular weight is 410 g/mol. The van der Waals surface area contributed by atoms with Crippen molar-refractivity contribution in [2.24, 2.45) is 5.92 Å². The lowest BCUT2D eigenvalue weighted by Gasteiger charge is -2.32. The van der Waals surface area contributed by atoms with Gasteiger partial charge in [-0.25, -0.2) is 13.1 Å². The maximum absolute atomic E-state index is 12.9. The van der Waals surface area contributed by atoms with Crippen molar-refractivity contribution in [2.45, 2.75) is 17.7 Å². The summed E-state index contributed by atoms with van der Waals surface area (Å²) in [4.78, 5) is 18.6. The molecule has 3 aromatic rings. The molecule has 0 saturated carbocycles. The molecular formula is C22H23N3O3S. The average Bonchev–Trinajstić information content (AvgIpc) is 2.78. The van der Waals surface area contributed by atoms with Crippen molar-refractivity contribution in [1.29, 1.82) is 0 Å². The summed E-state index contributed by atoms with van der Waals surface area (Å²) in [5.74, 6) is 0.186. The first-order valence-electron chi connectivity index (χ1n) is 9.71. The van der Waals surface area contributed by atoms with Crippen molar-refractivity contribution >= 4 is 26.7 Å². The topological polar surface area (TPSA) is 79.4 Å². The number of hydrogen-bond acceptors (Lipinski definition) is 4. The number of pyridine rings is 1. The zero-order valence-corrected chi connectivity index (χ0v) is 16.8. The van der Waals surface area contributed by atoms with Crippen molar-refractivity contribution in [1.82, 2.24) is 14.6 Å². The van der Waals surface area contributed by atoms with Crippen molar-refractivity contribution in [2.75, 3.05) is 19.6 Å². The number of sulfonamides is 1. The Morgan fingerprint density at radius 3 is 2.55 bits per heavy atom. The molecule has 7 heteroatoms. The van der Waals surface area contributed by atoms with Gasteiger partial charge in [0, 0.05) is 37.4 Å². The molecule has 0 aliphatic carbocycles. The van der Waals surface area contributed by atoms with E-state index < -0.39 is 10.0 Å². The number of nitrogens with one attached hydrogen (secondary N) is 1. The van der Waals surface area contributed by atoms with Crippen molar-refractivity contribution in [3.05, 3.63) is 72.6 Å². The molecule has 4 rings (SSSR count). The normalized spacial score (nSPS) is 15.5. The Morgan fingerprint density at radius 2 is 1.79 bits per heavy atom. The van der Waals surface area contributed by atoms with E-state index in [1.807, 2.05) is 35.2 Å². The Kier molecular flexibility index (Phi) is 5.60. The Morgan fingerprint density at radius 1 is 1.03 bits per heavy atom. The highest BCUT2D eigenvalue weighted by Gasteiger charge is 2.25. The summed E-state index contributed by atoms with van der Waals surface area (Å²) < 4.78 is 28.5. The van der Waals surface area contributed by atoms with Crippen molar-refractivity contribution in [3.63, 3.8) is 0 Å². The van der Waals surface area contributed by atoms with E-state index in [1.165, 1.54) is 0 Å². The van der Waals surface area contributed by atoms with E-state index in [4.69, 9.17) is 0 Å². The molecule has 0 bridgehead atoms. The van der Waals surface area contributed by atoms with Gasteiger partial charge in [0.25, 0.3) is 5.91 Å². The van der Waals surface area contributed by atoms with Gasteiger partial charge >= 0.3 is 0 Å². The van der Waals surface area contributed by atoms with Gasteiger partial charge in [-0.2, -0.15) is 0 Å². The predicted octanol–water partition coefficient (Wildman–Crippen LogP) is 3.07. The summed E-state index contributed by atoms with van der Waals surface area (Å²) in [5.41, 5.74) is 0.586. The van der Waals surface area contributed by atoms with Crippen LogP contribution in [0.25, 0.3) is 10.8 Å². The zero-order chi connectivity index (χ0) is 20.3. The molecular weight excluding hydrogens is 386 g/mol. The van der Waals surface area contributed by atoms with Crippen LogP contribution in [-0.4, -0.2) is 43.8 Å². The van der Waals surface area contributed by atoms with Crippen molar-refractivity contribution in [3.8, 4) is 0 Å². The smallest absolute Gasteiger partial charge is 0.255 e. The fourth-order valence-electron chi connectivity index (χ4n) is 3.75. The number of likely N-dealkylation sites (tertiary alicyclic amines) is 1. The van der Waals surface area contributed by atoms with Crippen LogP contribution in [0, 0.1) is 5.92 Å². The molecule has 1 aliphatic rings. The van der Waals surface area contributed by atoms with E-state index in [1.54, 1.807) is 36.7 Å². The molecule has 6 nitrogen and oxygen atoms in total. The molecule has 1 saturated heterocycles. The molecule has 0 spiro atoms. The van der Waals surface area contributed by atoms with Crippen LogP contribution in [-0.2, 0) is 10.0 Å². The standard InChI is InChI=1S/C22H23N3O3S/c26-22(19-7-4-12-23-16-19)25-13-10-17(11-14-25)15-24-29(27,28)21-9-3-6-18-5-1-2-8-20(18)21/h1-9,12,16-17,24H,10-11,13-15H2. The Labute approximate surface area is 170 Å². The van der Waals surface area contributed by atoms with Crippen LogP contribution in [0.4, 0.5) is 0 Å². The second-order valence-corrected chi connectivity index (χ2v) is 9.04. The van der Waals surface area contributed by atoms with Gasteiger partial charge in [0.2, 0.25) is 10.0 Å². The summed E-state index contributed by atoms with van der Waals surface area (Å²) >= 11 is 0. The molecule has 1 aromatic heterocycles. The van der Waals surface area contributed by atoms with Gasteiger partial charge in [-0.15, -0.1) is 0 Å². The SMILES string of the molecule is O=C(c1cccnc1)N1CCC(CNS(=O)(=O)c2cccc3ccccc23)CC1. The lowest BCUT2D eigenvalue weighted by Crippen LogP contribution is -2.41. The Balaban J connectivity index is 1.37. The molecule has 2 heterocycles. The number of hydrogen-bond donors (Lipinski definition) is 1. The molecule has 150 valence electrons. The highest BCUT2D eigenvalue weighted by Crippen LogP contribution is 2.24. The number of fused-ring (bicyclic) bond motifs is 1. The summed E-state index contributed by atoms with van der Waals surface area (Å²) in [6, 6.07) is 16.3. The maximum atomic E-state index is 12.9. The number of carbonyl (C=O) groups is 1. The molecule has 1 N–H and O–H groups in total. The number of piperidine rings is 1.